The number of benzene rings is 1. The van der Waals surface area contributed by atoms with Crippen LogP contribution in [0.1, 0.15) is 42.2 Å². The van der Waals surface area contributed by atoms with E-state index in [1.54, 1.807) is 5.38 Å². The van der Waals surface area contributed by atoms with Gasteiger partial charge >= 0.3 is 0 Å². The number of hydrogen-bond donors (Lipinski definition) is 1. The molecule has 0 saturated carbocycles. The lowest BCUT2D eigenvalue weighted by atomic mass is 9.99. The van der Waals surface area contributed by atoms with E-state index in [1.807, 2.05) is 35.2 Å². The topological polar surface area (TPSA) is 62.3 Å². The van der Waals surface area contributed by atoms with Gasteiger partial charge in [0.25, 0.3) is 5.91 Å². The molecule has 1 saturated heterocycles. The number of nitrogens with one attached hydrogen (secondary N) is 1. The third-order valence-corrected chi connectivity index (χ3v) is 5.28. The lowest BCUT2D eigenvalue weighted by molar-refractivity contribution is -0.116. The molecule has 1 aliphatic heterocycles. The second kappa shape index (κ2) is 8.25. The van der Waals surface area contributed by atoms with Gasteiger partial charge in [-0.15, -0.1) is 11.3 Å². The van der Waals surface area contributed by atoms with Gasteiger partial charge in [-0.3, -0.25) is 9.59 Å². The lowest BCUT2D eigenvalue weighted by Gasteiger charge is -2.29. The molecule has 2 aromatic rings. The summed E-state index contributed by atoms with van der Waals surface area (Å²) < 4.78 is 0. The van der Waals surface area contributed by atoms with Crippen LogP contribution in [0, 0.1) is 5.92 Å². The maximum atomic E-state index is 12.5. The highest BCUT2D eigenvalue weighted by molar-refractivity contribution is 7.14. The van der Waals surface area contributed by atoms with Crippen LogP contribution < -0.4 is 5.32 Å². The largest absolute Gasteiger partial charge is 0.337 e. The minimum absolute atomic E-state index is 0.0343. The average molecular weight is 357 g/mol. The van der Waals surface area contributed by atoms with Crippen LogP contribution in [0.15, 0.2) is 35.7 Å². The molecule has 0 spiro atoms. The van der Waals surface area contributed by atoms with E-state index in [0.29, 0.717) is 29.6 Å². The Morgan fingerprint density at radius 2 is 1.96 bits per heavy atom. The molecule has 0 unspecified atom stereocenters. The molecule has 0 bridgehead atoms. The van der Waals surface area contributed by atoms with Gasteiger partial charge in [-0.2, -0.15) is 0 Å². The van der Waals surface area contributed by atoms with Crippen molar-refractivity contribution in [3.8, 4) is 0 Å². The van der Waals surface area contributed by atoms with Crippen LogP contribution in [0.4, 0.5) is 5.13 Å². The normalized spacial score (nSPS) is 15.2. The number of nitrogens with zero attached hydrogens (tertiary/aromatic N) is 2. The van der Waals surface area contributed by atoms with Crippen LogP contribution in [0.25, 0.3) is 0 Å². The number of carbonyl (C=O) groups is 2. The van der Waals surface area contributed by atoms with Gasteiger partial charge in [0.1, 0.15) is 5.69 Å². The Labute approximate surface area is 152 Å². The molecule has 25 heavy (non-hydrogen) atoms. The summed E-state index contributed by atoms with van der Waals surface area (Å²) in [6.07, 6.45) is 3.17. The summed E-state index contributed by atoms with van der Waals surface area (Å²) in [6, 6.07) is 9.90. The van der Waals surface area contributed by atoms with E-state index in [1.165, 1.54) is 11.3 Å². The first kappa shape index (κ1) is 17.6. The maximum absolute atomic E-state index is 12.5. The number of likely N-dealkylation sites (tertiary alicyclic amines) is 1. The summed E-state index contributed by atoms with van der Waals surface area (Å²) >= 11 is 1.30. The molecule has 1 fully saturated rings. The molecule has 0 aliphatic carbocycles. The number of carbonyl (C=O) groups excluding carboxylic acids is 2. The molecule has 0 atom stereocenters. The van der Waals surface area contributed by atoms with Crippen LogP contribution in [0.5, 0.6) is 0 Å². The van der Waals surface area contributed by atoms with Crippen molar-refractivity contribution >= 4 is 28.3 Å². The fraction of sp³-hybridized carbons (Fsp3) is 0.421. The van der Waals surface area contributed by atoms with Gasteiger partial charge in [-0.05, 0) is 30.7 Å². The minimum atomic E-state index is -0.0796. The van der Waals surface area contributed by atoms with E-state index >= 15 is 0 Å². The Kier molecular flexibility index (Phi) is 5.81. The van der Waals surface area contributed by atoms with Crippen molar-refractivity contribution in [1.82, 2.24) is 9.88 Å². The quantitative estimate of drug-likeness (QED) is 0.889. The molecular weight excluding hydrogens is 334 g/mol. The minimum Gasteiger partial charge on any atom is -0.337 e. The van der Waals surface area contributed by atoms with E-state index in [0.717, 1.165) is 31.5 Å². The Morgan fingerprint density at radius 1 is 1.24 bits per heavy atom. The second-order valence-corrected chi connectivity index (χ2v) is 7.40. The Balaban J connectivity index is 1.51. The molecule has 0 radical (unpaired) electrons. The molecule has 2 heterocycles. The van der Waals surface area contributed by atoms with E-state index in [-0.39, 0.29) is 11.8 Å². The standard InChI is InChI=1S/C19H23N3O2S/c1-14-9-11-22(12-10-14)18(24)16-13-25-19(20-16)21-17(23)8-7-15-5-3-2-4-6-15/h2-6,13-14H,7-12H2,1H3,(H,20,21,23). The number of piperidine rings is 1. The highest BCUT2D eigenvalue weighted by atomic mass is 32.1. The summed E-state index contributed by atoms with van der Waals surface area (Å²) in [7, 11) is 0. The lowest BCUT2D eigenvalue weighted by Crippen LogP contribution is -2.38. The maximum Gasteiger partial charge on any atom is 0.273 e. The van der Waals surface area contributed by atoms with Crippen molar-refractivity contribution in [2.24, 2.45) is 5.92 Å². The van der Waals surface area contributed by atoms with Gasteiger partial charge in [0.05, 0.1) is 0 Å². The first-order chi connectivity index (χ1) is 12.1. The SMILES string of the molecule is CC1CCN(C(=O)c2csc(NC(=O)CCc3ccccc3)n2)CC1. The predicted molar refractivity (Wildman–Crippen MR) is 99.8 cm³/mol. The summed E-state index contributed by atoms with van der Waals surface area (Å²) in [6.45, 7) is 3.79. The molecule has 2 amide bonds. The summed E-state index contributed by atoms with van der Waals surface area (Å²) in [5, 5.41) is 5.02. The fourth-order valence-electron chi connectivity index (χ4n) is 2.89. The molecular formula is C19H23N3O2S. The van der Waals surface area contributed by atoms with Crippen LogP contribution in [0.3, 0.4) is 0 Å². The van der Waals surface area contributed by atoms with Crippen molar-refractivity contribution < 1.29 is 9.59 Å². The first-order valence-corrected chi connectivity index (χ1v) is 9.58. The Hall–Kier alpha value is -2.21. The molecule has 1 aromatic heterocycles. The predicted octanol–water partition coefficient (Wildman–Crippen LogP) is 3.59. The zero-order valence-electron chi connectivity index (χ0n) is 14.4. The van der Waals surface area contributed by atoms with E-state index < -0.39 is 0 Å². The monoisotopic (exact) mass is 357 g/mol. The molecule has 3 rings (SSSR count). The zero-order valence-corrected chi connectivity index (χ0v) is 15.2. The van der Waals surface area contributed by atoms with E-state index in [2.05, 4.69) is 17.2 Å². The van der Waals surface area contributed by atoms with Crippen LogP contribution in [-0.4, -0.2) is 34.8 Å². The number of anilines is 1. The smallest absolute Gasteiger partial charge is 0.273 e. The molecule has 1 N–H and O–H groups in total. The van der Waals surface area contributed by atoms with Crippen LogP contribution in [0.2, 0.25) is 0 Å². The Morgan fingerprint density at radius 3 is 2.68 bits per heavy atom. The number of aromatic nitrogens is 1. The van der Waals surface area contributed by atoms with Crippen LogP contribution >= 0.6 is 11.3 Å². The zero-order chi connectivity index (χ0) is 17.6. The number of amides is 2. The second-order valence-electron chi connectivity index (χ2n) is 6.55. The van der Waals surface area contributed by atoms with Crippen molar-refractivity contribution in [3.05, 3.63) is 47.0 Å². The third-order valence-electron chi connectivity index (χ3n) is 4.52. The molecule has 132 valence electrons. The van der Waals surface area contributed by atoms with E-state index in [9.17, 15) is 9.59 Å². The average Bonchev–Trinajstić information content (AvgIpc) is 3.09. The van der Waals surface area contributed by atoms with Crippen molar-refractivity contribution in [2.45, 2.75) is 32.6 Å². The highest BCUT2D eigenvalue weighted by Crippen LogP contribution is 2.21. The molecule has 5 nitrogen and oxygen atoms in total. The Bertz CT molecular complexity index is 721. The summed E-state index contributed by atoms with van der Waals surface area (Å²) in [5.41, 5.74) is 1.56. The van der Waals surface area contributed by atoms with Gasteiger partial charge in [0.15, 0.2) is 5.13 Å². The summed E-state index contributed by atoms with van der Waals surface area (Å²) in [4.78, 5) is 30.7. The van der Waals surface area contributed by atoms with Crippen molar-refractivity contribution in [3.63, 3.8) is 0 Å². The number of rotatable bonds is 5. The number of hydrogen-bond acceptors (Lipinski definition) is 4. The number of aryl methyl sites for hydroxylation is 1. The molecule has 1 aromatic carbocycles. The van der Waals surface area contributed by atoms with E-state index in [4.69, 9.17) is 0 Å². The molecule has 6 heteroatoms. The van der Waals surface area contributed by atoms with Gasteiger partial charge in [-0.25, -0.2) is 4.98 Å². The van der Waals surface area contributed by atoms with Crippen molar-refractivity contribution in [2.75, 3.05) is 18.4 Å². The van der Waals surface area contributed by atoms with Crippen molar-refractivity contribution in [1.29, 1.82) is 0 Å². The third kappa shape index (κ3) is 4.89. The molecule has 1 aliphatic rings. The first-order valence-electron chi connectivity index (χ1n) is 8.70. The van der Waals surface area contributed by atoms with Gasteiger partial charge in [0, 0.05) is 24.9 Å². The fourth-order valence-corrected chi connectivity index (χ4v) is 3.59. The van der Waals surface area contributed by atoms with Gasteiger partial charge in [0.2, 0.25) is 5.91 Å². The van der Waals surface area contributed by atoms with Gasteiger partial charge < -0.3 is 10.2 Å². The highest BCUT2D eigenvalue weighted by Gasteiger charge is 2.23. The van der Waals surface area contributed by atoms with Gasteiger partial charge in [-0.1, -0.05) is 37.3 Å². The summed E-state index contributed by atoms with van der Waals surface area (Å²) in [5.74, 6) is 0.566. The number of thiazole rings is 1. The van der Waals surface area contributed by atoms with Crippen LogP contribution in [-0.2, 0) is 11.2 Å².